The number of hydrogen-bond acceptors (Lipinski definition) is 2. The van der Waals surface area contributed by atoms with E-state index in [0.29, 0.717) is 24.5 Å². The Labute approximate surface area is 237 Å². The van der Waals surface area contributed by atoms with Gasteiger partial charge in [-0.15, -0.1) is 13.2 Å². The summed E-state index contributed by atoms with van der Waals surface area (Å²) >= 11 is 0. The third-order valence-electron chi connectivity index (χ3n) is 9.76. The number of benzene rings is 4. The van der Waals surface area contributed by atoms with Gasteiger partial charge in [-0.25, -0.2) is 0 Å². The smallest absolute Gasteiger partial charge is 0.135 e. The molecule has 3 aliphatic heterocycles. The van der Waals surface area contributed by atoms with Crippen LogP contribution in [0, 0.1) is 11.8 Å². The lowest BCUT2D eigenvalue weighted by Crippen LogP contribution is -2.67. The van der Waals surface area contributed by atoms with Crippen molar-refractivity contribution in [2.45, 2.75) is 31.5 Å². The average Bonchev–Trinajstić information content (AvgIpc) is 3.01. The van der Waals surface area contributed by atoms with Crippen LogP contribution in [-0.2, 0) is 11.3 Å². The maximum absolute atomic E-state index is 6.80. The summed E-state index contributed by atoms with van der Waals surface area (Å²) in [5.74, 6) is 1.18. The molecule has 3 unspecified atom stereocenters. The molecule has 1 aromatic heterocycles. The Morgan fingerprint density at radius 2 is 1.60 bits per heavy atom. The zero-order valence-corrected chi connectivity index (χ0v) is 23.1. The Morgan fingerprint density at radius 3 is 2.33 bits per heavy atom. The van der Waals surface area contributed by atoms with Gasteiger partial charge in [-0.3, -0.25) is 4.98 Å². The van der Waals surface area contributed by atoms with Crippen molar-refractivity contribution in [1.29, 1.82) is 0 Å². The van der Waals surface area contributed by atoms with Crippen LogP contribution in [0.5, 0.6) is 0 Å². The number of aromatic nitrogens is 1. The first-order chi connectivity index (χ1) is 19.7. The van der Waals surface area contributed by atoms with Gasteiger partial charge in [0.15, 0.2) is 0 Å². The van der Waals surface area contributed by atoms with Crippen LogP contribution in [0.2, 0.25) is 0 Å². The molecule has 3 fully saturated rings. The van der Waals surface area contributed by atoms with E-state index in [-0.39, 0.29) is 6.10 Å². The molecule has 4 aromatic carbocycles. The van der Waals surface area contributed by atoms with Crippen molar-refractivity contribution in [2.24, 2.45) is 11.8 Å². The van der Waals surface area contributed by atoms with Crippen molar-refractivity contribution >= 4 is 32.4 Å². The van der Waals surface area contributed by atoms with Crippen LogP contribution in [0.25, 0.3) is 32.4 Å². The quantitative estimate of drug-likeness (QED) is 0.115. The van der Waals surface area contributed by atoms with Gasteiger partial charge in [0, 0.05) is 35.9 Å². The van der Waals surface area contributed by atoms with E-state index < -0.39 is 0 Å². The van der Waals surface area contributed by atoms with Gasteiger partial charge in [0.1, 0.15) is 18.7 Å². The summed E-state index contributed by atoms with van der Waals surface area (Å²) in [5.41, 5.74) is 3.74. The standard InChI is InChI=1S/C37H37N2O/c1-3-21-40-37(33-17-19-38-35-16-10-9-15-32(33)35)36-23-27-18-20-39(36,24-26(27)4-2)25-34-30-13-7-5-11-28(30)22-29-12-6-8-14-31(29)34/h3-17,19,22,26-27,36-37H,1-2,18,20-21,23-25H2/q+1/t26-,27?,36?,37-,39?/m0/s1. The molecule has 3 heteroatoms. The molecule has 3 nitrogen and oxygen atoms in total. The Kier molecular flexibility index (Phi) is 6.50. The van der Waals surface area contributed by atoms with E-state index >= 15 is 0 Å². The number of piperidine rings is 3. The summed E-state index contributed by atoms with van der Waals surface area (Å²) in [6.07, 6.45) is 8.41. The Morgan fingerprint density at radius 1 is 0.900 bits per heavy atom. The molecule has 0 aliphatic carbocycles. The normalized spacial score (nSPS) is 24.9. The SMILES string of the molecule is C=CCO[C@@H](c1ccnc2ccccc12)C1CC2CC[N+]1(Cc1c3ccccc3cc3ccccc13)C[C@@H]2C=C. The van der Waals surface area contributed by atoms with Crippen LogP contribution in [0.3, 0.4) is 0 Å². The summed E-state index contributed by atoms with van der Waals surface area (Å²) in [4.78, 5) is 4.68. The van der Waals surface area contributed by atoms with E-state index in [2.05, 4.69) is 109 Å². The fourth-order valence-corrected chi connectivity index (χ4v) is 7.90. The first kappa shape index (κ1) is 25.2. The number of nitrogens with zero attached hydrogens (tertiary/aromatic N) is 2. The minimum absolute atomic E-state index is 0.0410. The molecular weight excluding hydrogens is 488 g/mol. The molecule has 0 saturated carbocycles. The molecule has 3 aliphatic rings. The van der Waals surface area contributed by atoms with Gasteiger partial charge < -0.3 is 9.22 Å². The molecule has 3 saturated heterocycles. The molecule has 40 heavy (non-hydrogen) atoms. The Bertz CT molecular complexity index is 1670. The third-order valence-corrected chi connectivity index (χ3v) is 9.76. The lowest BCUT2D eigenvalue weighted by molar-refractivity contribution is -0.984. The number of hydrogen-bond donors (Lipinski definition) is 0. The van der Waals surface area contributed by atoms with Gasteiger partial charge >= 0.3 is 0 Å². The molecule has 0 N–H and O–H groups in total. The first-order valence-corrected chi connectivity index (χ1v) is 14.6. The van der Waals surface area contributed by atoms with Gasteiger partial charge in [-0.05, 0) is 51.2 Å². The van der Waals surface area contributed by atoms with E-state index in [1.54, 1.807) is 0 Å². The third kappa shape index (κ3) is 4.16. The Hall–Kier alpha value is -3.79. The Balaban J connectivity index is 1.41. The highest BCUT2D eigenvalue weighted by Crippen LogP contribution is 2.50. The van der Waals surface area contributed by atoms with Crippen LogP contribution in [0.4, 0.5) is 0 Å². The predicted molar refractivity (Wildman–Crippen MR) is 166 cm³/mol. The van der Waals surface area contributed by atoms with Crippen LogP contribution < -0.4 is 0 Å². The average molecular weight is 526 g/mol. The summed E-state index contributed by atoms with van der Waals surface area (Å²) in [7, 11) is 0. The number of rotatable bonds is 8. The van der Waals surface area contributed by atoms with Crippen molar-refractivity contribution in [2.75, 3.05) is 19.7 Å². The highest BCUT2D eigenvalue weighted by molar-refractivity contribution is 6.02. The van der Waals surface area contributed by atoms with E-state index in [9.17, 15) is 0 Å². The van der Waals surface area contributed by atoms with E-state index in [0.717, 1.165) is 36.1 Å². The largest absolute Gasteiger partial charge is 0.363 e. The van der Waals surface area contributed by atoms with Gasteiger partial charge in [-0.1, -0.05) is 78.9 Å². The number of para-hydroxylation sites is 1. The number of quaternary nitrogens is 1. The van der Waals surface area contributed by atoms with Crippen molar-refractivity contribution in [3.8, 4) is 0 Å². The number of ether oxygens (including phenoxy) is 1. The van der Waals surface area contributed by atoms with Gasteiger partial charge in [-0.2, -0.15) is 0 Å². The van der Waals surface area contributed by atoms with E-state index in [1.807, 2.05) is 12.3 Å². The van der Waals surface area contributed by atoms with Gasteiger partial charge in [0.25, 0.3) is 0 Å². The molecule has 200 valence electrons. The van der Waals surface area contributed by atoms with Crippen LogP contribution in [0.15, 0.2) is 116 Å². The number of pyridine rings is 1. The lowest BCUT2D eigenvalue weighted by Gasteiger charge is -2.58. The molecular formula is C37H37N2O+. The molecule has 5 atom stereocenters. The molecule has 0 spiro atoms. The second-order valence-electron chi connectivity index (χ2n) is 11.8. The molecule has 0 amide bonds. The highest BCUT2D eigenvalue weighted by atomic mass is 16.5. The molecule has 0 radical (unpaired) electrons. The minimum Gasteiger partial charge on any atom is -0.363 e. The van der Waals surface area contributed by atoms with Crippen molar-refractivity contribution in [1.82, 2.24) is 4.98 Å². The second-order valence-corrected chi connectivity index (χ2v) is 11.8. The van der Waals surface area contributed by atoms with Crippen molar-refractivity contribution < 1.29 is 9.22 Å². The summed E-state index contributed by atoms with van der Waals surface area (Å²) in [6.45, 7) is 12.1. The van der Waals surface area contributed by atoms with Gasteiger partial charge in [0.2, 0.25) is 0 Å². The summed E-state index contributed by atoms with van der Waals surface area (Å²) in [6, 6.07) is 31.2. The van der Waals surface area contributed by atoms with Crippen LogP contribution in [0.1, 0.15) is 30.1 Å². The number of fused-ring (bicyclic) bond motifs is 6. The lowest BCUT2D eigenvalue weighted by atomic mass is 9.70. The zero-order chi connectivity index (χ0) is 27.1. The summed E-state index contributed by atoms with van der Waals surface area (Å²) < 4.78 is 7.81. The van der Waals surface area contributed by atoms with Crippen molar-refractivity contribution in [3.05, 3.63) is 128 Å². The maximum Gasteiger partial charge on any atom is 0.135 e. The van der Waals surface area contributed by atoms with Crippen LogP contribution in [-0.4, -0.2) is 35.2 Å². The second kappa shape index (κ2) is 10.3. The molecule has 4 heterocycles. The van der Waals surface area contributed by atoms with Gasteiger partial charge in [0.05, 0.1) is 25.2 Å². The zero-order valence-electron chi connectivity index (χ0n) is 23.1. The molecule has 8 rings (SSSR count). The minimum atomic E-state index is -0.0410. The van der Waals surface area contributed by atoms with E-state index in [4.69, 9.17) is 4.74 Å². The van der Waals surface area contributed by atoms with Crippen LogP contribution >= 0.6 is 0 Å². The predicted octanol–water partition coefficient (Wildman–Crippen LogP) is 8.40. The van der Waals surface area contributed by atoms with Crippen molar-refractivity contribution in [3.63, 3.8) is 0 Å². The highest BCUT2D eigenvalue weighted by Gasteiger charge is 2.54. The summed E-state index contributed by atoms with van der Waals surface area (Å²) in [5, 5.41) is 6.56. The topological polar surface area (TPSA) is 22.1 Å². The first-order valence-electron chi connectivity index (χ1n) is 14.6. The fraction of sp³-hybridized carbons (Fsp3) is 0.270. The molecule has 5 aromatic rings. The maximum atomic E-state index is 6.80. The van der Waals surface area contributed by atoms with E-state index in [1.165, 1.54) is 44.5 Å². The fourth-order valence-electron chi connectivity index (χ4n) is 7.90. The monoisotopic (exact) mass is 525 g/mol. The molecule has 2 bridgehead atoms.